The van der Waals surface area contributed by atoms with Gasteiger partial charge in [0, 0.05) is 9.37 Å². The van der Waals surface area contributed by atoms with E-state index in [-0.39, 0.29) is 6.61 Å². The van der Waals surface area contributed by atoms with Crippen molar-refractivity contribution >= 4 is 27.7 Å². The van der Waals surface area contributed by atoms with Crippen molar-refractivity contribution in [1.82, 2.24) is 15.2 Å². The maximum Gasteiger partial charge on any atom is 0.213 e. The van der Waals surface area contributed by atoms with Gasteiger partial charge in [0.05, 0.1) is 6.61 Å². The second kappa shape index (κ2) is 4.99. The van der Waals surface area contributed by atoms with E-state index in [0.29, 0.717) is 5.16 Å². The zero-order valence-electron chi connectivity index (χ0n) is 8.57. The Hall–Kier alpha value is -0.850. The van der Waals surface area contributed by atoms with Crippen molar-refractivity contribution < 1.29 is 5.11 Å². The van der Waals surface area contributed by atoms with Crippen molar-refractivity contribution in [2.75, 3.05) is 0 Å². The highest BCUT2D eigenvalue weighted by molar-refractivity contribution is 9.10. The Morgan fingerprint density at radius 1 is 1.50 bits per heavy atom. The Morgan fingerprint density at radius 2 is 2.31 bits per heavy atom. The van der Waals surface area contributed by atoms with E-state index < -0.39 is 0 Å². The predicted octanol–water partition coefficient (Wildman–Crippen LogP) is 2.52. The summed E-state index contributed by atoms with van der Waals surface area (Å²) in [4.78, 5) is 5.24. The molecule has 2 aromatic rings. The third-order valence-corrected chi connectivity index (χ3v) is 3.57. The molecule has 0 saturated heterocycles. The second-order valence-electron chi connectivity index (χ2n) is 3.22. The van der Waals surface area contributed by atoms with Crippen molar-refractivity contribution in [3.05, 3.63) is 34.1 Å². The van der Waals surface area contributed by atoms with Crippen molar-refractivity contribution in [3.63, 3.8) is 0 Å². The average Bonchev–Trinajstić information content (AvgIpc) is 2.64. The van der Waals surface area contributed by atoms with Crippen molar-refractivity contribution in [2.24, 2.45) is 0 Å². The maximum absolute atomic E-state index is 9.04. The molecule has 0 bridgehead atoms. The van der Waals surface area contributed by atoms with Gasteiger partial charge in [-0.1, -0.05) is 22.0 Å². The summed E-state index contributed by atoms with van der Waals surface area (Å²) < 4.78 is 0.896. The summed E-state index contributed by atoms with van der Waals surface area (Å²) >= 11 is 4.88. The van der Waals surface area contributed by atoms with Gasteiger partial charge in [-0.3, -0.25) is 5.10 Å². The molecule has 0 aliphatic rings. The quantitative estimate of drug-likeness (QED) is 0.914. The summed E-state index contributed by atoms with van der Waals surface area (Å²) in [6.07, 6.45) is 0. The molecule has 0 fully saturated rings. The number of aliphatic hydroxyl groups excluding tert-OH is 1. The fourth-order valence-corrected chi connectivity index (χ4v) is 2.65. The first kappa shape index (κ1) is 11.6. The van der Waals surface area contributed by atoms with E-state index in [1.54, 1.807) is 0 Å². The van der Waals surface area contributed by atoms with Crippen LogP contribution in [0.4, 0.5) is 0 Å². The highest BCUT2D eigenvalue weighted by atomic mass is 79.9. The average molecular weight is 300 g/mol. The van der Waals surface area contributed by atoms with E-state index in [1.807, 2.05) is 25.1 Å². The normalized spacial score (nSPS) is 10.7. The van der Waals surface area contributed by atoms with Crippen LogP contribution in [0, 0.1) is 6.92 Å². The largest absolute Gasteiger partial charge is 0.392 e. The summed E-state index contributed by atoms with van der Waals surface area (Å²) in [5.41, 5.74) is 0.871. The number of hydrogen-bond acceptors (Lipinski definition) is 4. The van der Waals surface area contributed by atoms with Crippen LogP contribution in [0.2, 0.25) is 0 Å². The van der Waals surface area contributed by atoms with Crippen LogP contribution in [-0.2, 0) is 6.61 Å². The maximum atomic E-state index is 9.04. The van der Waals surface area contributed by atoms with Gasteiger partial charge in [-0.25, -0.2) is 4.98 Å². The first-order valence-electron chi connectivity index (χ1n) is 4.65. The molecule has 16 heavy (non-hydrogen) atoms. The van der Waals surface area contributed by atoms with Crippen LogP contribution in [-0.4, -0.2) is 20.3 Å². The van der Waals surface area contributed by atoms with Crippen molar-refractivity contribution in [2.45, 2.75) is 23.6 Å². The van der Waals surface area contributed by atoms with Gasteiger partial charge in [0.25, 0.3) is 0 Å². The molecule has 0 unspecified atom stereocenters. The number of hydrogen-bond donors (Lipinski definition) is 2. The minimum Gasteiger partial charge on any atom is -0.392 e. The lowest BCUT2D eigenvalue weighted by Crippen LogP contribution is -1.85. The van der Waals surface area contributed by atoms with Crippen molar-refractivity contribution in [1.29, 1.82) is 0 Å². The molecular formula is C10H10BrN3OS. The summed E-state index contributed by atoms with van der Waals surface area (Å²) in [6.45, 7) is 1.90. The van der Waals surface area contributed by atoms with Gasteiger partial charge >= 0.3 is 0 Å². The Kier molecular flexibility index (Phi) is 3.63. The molecule has 84 valence electrons. The number of aryl methyl sites for hydroxylation is 1. The molecule has 0 spiro atoms. The van der Waals surface area contributed by atoms with Crippen LogP contribution < -0.4 is 0 Å². The lowest BCUT2D eigenvalue weighted by Gasteiger charge is -2.02. The number of nitrogens with one attached hydrogen (secondary N) is 1. The van der Waals surface area contributed by atoms with Gasteiger partial charge in [-0.05, 0) is 36.4 Å². The van der Waals surface area contributed by atoms with Crippen LogP contribution in [0.1, 0.15) is 11.4 Å². The molecule has 2 rings (SSSR count). The van der Waals surface area contributed by atoms with Gasteiger partial charge in [-0.2, -0.15) is 0 Å². The SMILES string of the molecule is Cc1nc(Sc2ccc(CO)c(Br)c2)n[nH]1. The fourth-order valence-electron chi connectivity index (χ4n) is 1.19. The Bertz CT molecular complexity index is 501. The third-order valence-electron chi connectivity index (χ3n) is 1.98. The van der Waals surface area contributed by atoms with E-state index in [0.717, 1.165) is 20.8 Å². The Morgan fingerprint density at radius 3 is 2.88 bits per heavy atom. The predicted molar refractivity (Wildman–Crippen MR) is 65.3 cm³/mol. The molecule has 6 heteroatoms. The van der Waals surface area contributed by atoms with E-state index in [2.05, 4.69) is 31.1 Å². The fraction of sp³-hybridized carbons (Fsp3) is 0.200. The number of aromatic amines is 1. The molecule has 0 aliphatic heterocycles. The van der Waals surface area contributed by atoms with Crippen LogP contribution in [0.15, 0.2) is 32.7 Å². The van der Waals surface area contributed by atoms with Gasteiger partial charge in [-0.15, -0.1) is 5.10 Å². The van der Waals surface area contributed by atoms with Crippen LogP contribution >= 0.6 is 27.7 Å². The summed E-state index contributed by atoms with van der Waals surface area (Å²) in [7, 11) is 0. The number of aliphatic hydroxyl groups is 1. The highest BCUT2D eigenvalue weighted by Gasteiger charge is 2.05. The second-order valence-corrected chi connectivity index (χ2v) is 5.11. The van der Waals surface area contributed by atoms with Gasteiger partial charge in [0.15, 0.2) is 0 Å². The van der Waals surface area contributed by atoms with E-state index >= 15 is 0 Å². The number of aromatic nitrogens is 3. The molecule has 0 saturated carbocycles. The molecule has 0 amide bonds. The van der Waals surface area contributed by atoms with E-state index in [9.17, 15) is 0 Å². The smallest absolute Gasteiger partial charge is 0.213 e. The lowest BCUT2D eigenvalue weighted by molar-refractivity contribution is 0.281. The van der Waals surface area contributed by atoms with Gasteiger partial charge in [0.1, 0.15) is 5.82 Å². The molecular weight excluding hydrogens is 290 g/mol. The highest BCUT2D eigenvalue weighted by Crippen LogP contribution is 2.28. The molecule has 2 N–H and O–H groups in total. The monoisotopic (exact) mass is 299 g/mol. The minimum atomic E-state index is 0.0330. The zero-order chi connectivity index (χ0) is 11.5. The third kappa shape index (κ3) is 2.63. The number of H-pyrrole nitrogens is 1. The van der Waals surface area contributed by atoms with Crippen molar-refractivity contribution in [3.8, 4) is 0 Å². The molecule has 0 radical (unpaired) electrons. The lowest BCUT2D eigenvalue weighted by atomic mass is 10.2. The molecule has 1 heterocycles. The Balaban J connectivity index is 2.19. The zero-order valence-corrected chi connectivity index (χ0v) is 11.0. The summed E-state index contributed by atoms with van der Waals surface area (Å²) in [5, 5.41) is 16.6. The van der Waals surface area contributed by atoms with Gasteiger partial charge < -0.3 is 5.11 Å². The Labute approximate surface area is 106 Å². The molecule has 4 nitrogen and oxygen atoms in total. The van der Waals surface area contributed by atoms with E-state index in [1.165, 1.54) is 11.8 Å². The topological polar surface area (TPSA) is 61.8 Å². The first-order valence-corrected chi connectivity index (χ1v) is 6.26. The summed E-state index contributed by atoms with van der Waals surface area (Å²) in [6, 6.07) is 5.76. The van der Waals surface area contributed by atoms with Crippen LogP contribution in [0.5, 0.6) is 0 Å². The standard InChI is InChI=1S/C10H10BrN3OS/c1-6-12-10(14-13-6)16-8-3-2-7(5-15)9(11)4-8/h2-4,15H,5H2,1H3,(H,12,13,14). The minimum absolute atomic E-state index is 0.0330. The number of rotatable bonds is 3. The molecule has 1 aromatic heterocycles. The number of nitrogens with zero attached hydrogens (tertiary/aromatic N) is 2. The summed E-state index contributed by atoms with van der Waals surface area (Å²) in [5.74, 6) is 0.800. The van der Waals surface area contributed by atoms with Crippen LogP contribution in [0.3, 0.4) is 0 Å². The number of benzene rings is 1. The van der Waals surface area contributed by atoms with Crippen LogP contribution in [0.25, 0.3) is 0 Å². The first-order chi connectivity index (χ1) is 7.69. The molecule has 0 aliphatic carbocycles. The van der Waals surface area contributed by atoms with Gasteiger partial charge in [0.2, 0.25) is 5.16 Å². The molecule has 0 atom stereocenters. The number of halogens is 1. The molecule has 1 aromatic carbocycles. The van der Waals surface area contributed by atoms with E-state index in [4.69, 9.17) is 5.11 Å².